The number of halogens is 3. The maximum absolute atomic E-state index is 14.4. The molecule has 0 bridgehead atoms. The van der Waals surface area contributed by atoms with Gasteiger partial charge in [0.05, 0.1) is 24.0 Å². The van der Waals surface area contributed by atoms with Gasteiger partial charge in [-0.05, 0) is 31.5 Å². The molecule has 31 heavy (non-hydrogen) atoms. The van der Waals surface area contributed by atoms with E-state index in [4.69, 9.17) is 4.74 Å². The lowest BCUT2D eigenvalue weighted by Crippen LogP contribution is -2.44. The monoisotopic (exact) mass is 458 g/mol. The molecule has 2 rings (SSSR count). The van der Waals surface area contributed by atoms with Crippen LogP contribution in [0.25, 0.3) is 0 Å². The fourth-order valence-corrected chi connectivity index (χ4v) is 3.99. The normalized spacial score (nSPS) is 14.5. The lowest BCUT2D eigenvalue weighted by atomic mass is 9.84. The summed E-state index contributed by atoms with van der Waals surface area (Å²) in [6, 6.07) is 6.90. The topological polar surface area (TPSA) is 79.2 Å². The highest BCUT2D eigenvalue weighted by Gasteiger charge is 2.59. The van der Waals surface area contributed by atoms with Crippen molar-refractivity contribution in [1.29, 1.82) is 0 Å². The molecule has 170 valence electrons. The van der Waals surface area contributed by atoms with Crippen LogP contribution in [0.2, 0.25) is 0 Å². The van der Waals surface area contributed by atoms with Gasteiger partial charge in [0.25, 0.3) is 0 Å². The number of aliphatic hydroxyl groups is 1. The Morgan fingerprint density at radius 2 is 1.81 bits per heavy atom. The van der Waals surface area contributed by atoms with E-state index < -0.39 is 37.6 Å². The molecule has 2 aromatic rings. The van der Waals surface area contributed by atoms with Crippen LogP contribution in [0, 0.1) is 6.92 Å². The molecule has 0 amide bonds. The van der Waals surface area contributed by atoms with Crippen LogP contribution in [-0.4, -0.2) is 57.9 Å². The van der Waals surface area contributed by atoms with Crippen LogP contribution in [0.15, 0.2) is 46.3 Å². The smallest absolute Gasteiger partial charge is 0.425 e. The molecule has 2 aromatic carbocycles. The highest BCUT2D eigenvalue weighted by Crippen LogP contribution is 2.50. The summed E-state index contributed by atoms with van der Waals surface area (Å²) in [4.78, 5) is 5.41. The van der Waals surface area contributed by atoms with Crippen molar-refractivity contribution in [3.63, 3.8) is 0 Å². The molecular formula is C21H25F3N2O4S. The van der Waals surface area contributed by atoms with Gasteiger partial charge in [0.1, 0.15) is 5.75 Å². The number of hydrogen-bond donors (Lipinski definition) is 1. The van der Waals surface area contributed by atoms with Crippen LogP contribution < -0.4 is 4.74 Å². The van der Waals surface area contributed by atoms with Gasteiger partial charge in [0.2, 0.25) is 5.60 Å². The summed E-state index contributed by atoms with van der Waals surface area (Å²) in [5, 5.41) is 11.1. The van der Waals surface area contributed by atoms with Crippen LogP contribution in [0.4, 0.5) is 18.9 Å². The number of ether oxygens (including phenoxy) is 1. The number of sulfone groups is 1. The zero-order valence-corrected chi connectivity index (χ0v) is 18.7. The number of benzene rings is 2. The van der Waals surface area contributed by atoms with Crippen molar-refractivity contribution in [1.82, 2.24) is 4.90 Å². The van der Waals surface area contributed by atoms with Gasteiger partial charge in [-0.3, -0.25) is 0 Å². The van der Waals surface area contributed by atoms with Crippen LogP contribution in [0.5, 0.6) is 5.75 Å². The molecule has 0 aliphatic carbocycles. The molecule has 0 saturated heterocycles. The summed E-state index contributed by atoms with van der Waals surface area (Å²) >= 11 is 0. The molecule has 1 atom stereocenters. The molecular weight excluding hydrogens is 433 g/mol. The Morgan fingerprint density at radius 3 is 2.32 bits per heavy atom. The molecule has 0 aromatic heterocycles. The Hall–Kier alpha value is -2.59. The van der Waals surface area contributed by atoms with Crippen molar-refractivity contribution in [2.24, 2.45) is 4.99 Å². The number of aryl methyl sites for hydroxylation is 1. The van der Waals surface area contributed by atoms with Crippen molar-refractivity contribution in [2.75, 3.05) is 27.0 Å². The highest BCUT2D eigenvalue weighted by molar-refractivity contribution is 7.90. The highest BCUT2D eigenvalue weighted by atomic mass is 32.2. The molecule has 0 aliphatic heterocycles. The van der Waals surface area contributed by atoms with E-state index in [1.54, 1.807) is 18.9 Å². The lowest BCUT2D eigenvalue weighted by molar-refractivity contribution is -0.249. The summed E-state index contributed by atoms with van der Waals surface area (Å²) in [6.07, 6.45) is -2.94. The number of aliphatic imine (C=N–C) groups is 1. The Balaban J connectivity index is 2.86. The minimum atomic E-state index is -5.25. The van der Waals surface area contributed by atoms with E-state index in [1.807, 2.05) is 6.92 Å². The van der Waals surface area contributed by atoms with Gasteiger partial charge in [-0.2, -0.15) is 13.2 Å². The summed E-state index contributed by atoms with van der Waals surface area (Å²) < 4.78 is 72.6. The van der Waals surface area contributed by atoms with Gasteiger partial charge in [-0.1, -0.05) is 18.2 Å². The summed E-state index contributed by atoms with van der Waals surface area (Å²) in [6.45, 7) is 4.12. The van der Waals surface area contributed by atoms with Gasteiger partial charge >= 0.3 is 6.18 Å². The maximum Gasteiger partial charge on any atom is 0.425 e. The van der Waals surface area contributed by atoms with E-state index in [1.165, 1.54) is 31.6 Å². The Kier molecular flexibility index (Phi) is 7.07. The van der Waals surface area contributed by atoms with Crippen molar-refractivity contribution in [3.8, 4) is 5.75 Å². The average Bonchev–Trinajstić information content (AvgIpc) is 2.70. The third kappa shape index (κ3) is 4.85. The second kappa shape index (κ2) is 8.88. The Labute approximate surface area is 179 Å². The van der Waals surface area contributed by atoms with Crippen molar-refractivity contribution < 1.29 is 31.4 Å². The summed E-state index contributed by atoms with van der Waals surface area (Å²) in [5.74, 6) is -0.278. The first-order valence-electron chi connectivity index (χ1n) is 9.29. The molecule has 6 nitrogen and oxygen atoms in total. The van der Waals surface area contributed by atoms with E-state index >= 15 is 0 Å². The van der Waals surface area contributed by atoms with Crippen LogP contribution in [-0.2, 0) is 15.4 Å². The van der Waals surface area contributed by atoms with Gasteiger partial charge in [-0.15, -0.1) is 0 Å². The second-order valence-corrected chi connectivity index (χ2v) is 9.12. The minimum absolute atomic E-state index is 0.278. The van der Waals surface area contributed by atoms with E-state index in [-0.39, 0.29) is 5.75 Å². The molecule has 0 aliphatic rings. The van der Waals surface area contributed by atoms with E-state index in [0.29, 0.717) is 17.8 Å². The first-order valence-corrected chi connectivity index (χ1v) is 11.2. The third-order valence-corrected chi connectivity index (χ3v) is 6.04. The van der Waals surface area contributed by atoms with Gasteiger partial charge in [0, 0.05) is 37.0 Å². The third-order valence-electron chi connectivity index (χ3n) is 4.89. The molecule has 1 unspecified atom stereocenters. The predicted octanol–water partition coefficient (Wildman–Crippen LogP) is 3.82. The van der Waals surface area contributed by atoms with Crippen molar-refractivity contribution >= 4 is 21.9 Å². The summed E-state index contributed by atoms with van der Waals surface area (Å²) in [5.41, 5.74) is -4.37. The molecule has 10 heteroatoms. The largest absolute Gasteiger partial charge is 0.496 e. The summed E-state index contributed by atoms with van der Waals surface area (Å²) in [7, 11) is -1.12. The van der Waals surface area contributed by atoms with Gasteiger partial charge in [-0.25, -0.2) is 13.4 Å². The quantitative estimate of drug-likeness (QED) is 0.504. The van der Waals surface area contributed by atoms with E-state index in [9.17, 15) is 26.7 Å². The number of nitrogens with zero attached hydrogens (tertiary/aromatic N) is 2. The zero-order chi connectivity index (χ0) is 23.6. The molecule has 0 saturated carbocycles. The van der Waals surface area contributed by atoms with Gasteiger partial charge in [0.15, 0.2) is 9.84 Å². The Morgan fingerprint density at radius 1 is 1.19 bits per heavy atom. The SMILES string of the molecule is CCN(C)/C=N/c1cc(OC)c(C(O)(c2ccccc2S(C)(=O)=O)C(F)(F)F)cc1C. The maximum atomic E-state index is 14.4. The number of hydrogen-bond acceptors (Lipinski definition) is 5. The Bertz CT molecular complexity index is 1080. The number of alkyl halides is 3. The average molecular weight is 459 g/mol. The minimum Gasteiger partial charge on any atom is -0.496 e. The molecule has 0 heterocycles. The molecule has 0 spiro atoms. The zero-order valence-electron chi connectivity index (χ0n) is 17.9. The lowest BCUT2D eigenvalue weighted by Gasteiger charge is -2.34. The fraction of sp³-hybridized carbons (Fsp3) is 0.381. The van der Waals surface area contributed by atoms with Crippen molar-refractivity contribution in [3.05, 3.63) is 53.1 Å². The second-order valence-electron chi connectivity index (χ2n) is 7.13. The van der Waals surface area contributed by atoms with Crippen LogP contribution >= 0.6 is 0 Å². The number of methoxy groups -OCH3 is 1. The van der Waals surface area contributed by atoms with Crippen molar-refractivity contribution in [2.45, 2.75) is 30.5 Å². The van der Waals surface area contributed by atoms with E-state index in [2.05, 4.69) is 4.99 Å². The first kappa shape index (κ1) is 24.7. The predicted molar refractivity (Wildman–Crippen MR) is 113 cm³/mol. The fourth-order valence-electron chi connectivity index (χ4n) is 3.05. The van der Waals surface area contributed by atoms with E-state index in [0.717, 1.165) is 24.5 Å². The van der Waals surface area contributed by atoms with Crippen LogP contribution in [0.3, 0.4) is 0 Å². The van der Waals surface area contributed by atoms with Crippen LogP contribution in [0.1, 0.15) is 23.6 Å². The molecule has 0 fully saturated rings. The number of rotatable bonds is 7. The molecule has 0 radical (unpaired) electrons. The van der Waals surface area contributed by atoms with Gasteiger partial charge < -0.3 is 14.7 Å². The standard InChI is InChI=1S/C21H25F3N2O4S/c1-6-26(3)13-25-17-12-18(30-4)16(11-14(17)2)20(27,21(22,23)24)15-9-7-8-10-19(15)31(5,28)29/h7-13,27H,6H2,1-5H3/b25-13+. The molecule has 1 N–H and O–H groups in total. The first-order chi connectivity index (χ1) is 14.3.